The van der Waals surface area contributed by atoms with E-state index in [-0.39, 0.29) is 18.3 Å². The van der Waals surface area contributed by atoms with E-state index in [0.717, 1.165) is 0 Å². The van der Waals surface area contributed by atoms with E-state index in [0.29, 0.717) is 12.8 Å². The highest BCUT2D eigenvalue weighted by molar-refractivity contribution is 5.82. The van der Waals surface area contributed by atoms with Crippen LogP contribution in [0.1, 0.15) is 40.5 Å². The third-order valence-corrected chi connectivity index (χ3v) is 3.56. The second-order valence-electron chi connectivity index (χ2n) is 6.37. The average molecular weight is 324 g/mol. The van der Waals surface area contributed by atoms with Gasteiger partial charge in [-0.05, 0) is 33.8 Å². The maximum absolute atomic E-state index is 11.8. The fourth-order valence-electron chi connectivity index (χ4n) is 2.64. The van der Waals surface area contributed by atoms with E-state index in [9.17, 15) is 9.59 Å². The first-order chi connectivity index (χ1) is 10.7. The molecule has 0 aromatic carbocycles. The van der Waals surface area contributed by atoms with Gasteiger partial charge < -0.3 is 18.9 Å². The van der Waals surface area contributed by atoms with Crippen LogP contribution in [0.25, 0.3) is 0 Å². The SMILES string of the molecule is C[C@@H]1C[C@H]2OC(C)(C)O[C@@H]2/C=C/C(=O)O[C@@H](C)C/C=C/C(=O)O1. The number of hydrogen-bond acceptors (Lipinski definition) is 6. The van der Waals surface area contributed by atoms with Gasteiger partial charge in [0.1, 0.15) is 18.3 Å². The fourth-order valence-corrected chi connectivity index (χ4v) is 2.64. The van der Waals surface area contributed by atoms with Crippen molar-refractivity contribution >= 4 is 11.9 Å². The molecule has 2 rings (SSSR count). The molecule has 6 nitrogen and oxygen atoms in total. The van der Waals surface area contributed by atoms with E-state index in [1.54, 1.807) is 19.1 Å². The lowest BCUT2D eigenvalue weighted by Crippen LogP contribution is -2.28. The maximum Gasteiger partial charge on any atom is 0.330 e. The van der Waals surface area contributed by atoms with Crippen molar-refractivity contribution in [2.45, 2.75) is 70.7 Å². The highest BCUT2D eigenvalue weighted by atomic mass is 16.8. The minimum absolute atomic E-state index is 0.304. The smallest absolute Gasteiger partial charge is 0.330 e. The Kier molecular flexibility index (Phi) is 5.59. The lowest BCUT2D eigenvalue weighted by Gasteiger charge is -2.20. The monoisotopic (exact) mass is 324 g/mol. The summed E-state index contributed by atoms with van der Waals surface area (Å²) in [5.74, 6) is -1.61. The first-order valence-corrected chi connectivity index (χ1v) is 7.87. The zero-order valence-corrected chi connectivity index (χ0v) is 14.0. The number of esters is 2. The lowest BCUT2D eigenvalue weighted by molar-refractivity contribution is -0.151. The lowest BCUT2D eigenvalue weighted by atomic mass is 10.1. The van der Waals surface area contributed by atoms with Gasteiger partial charge in [0.05, 0.1) is 6.10 Å². The Hall–Kier alpha value is -1.66. The van der Waals surface area contributed by atoms with E-state index >= 15 is 0 Å². The molecule has 2 aliphatic rings. The van der Waals surface area contributed by atoms with Gasteiger partial charge in [-0.3, -0.25) is 0 Å². The van der Waals surface area contributed by atoms with Crippen LogP contribution in [0.3, 0.4) is 0 Å². The molecule has 0 unspecified atom stereocenters. The summed E-state index contributed by atoms with van der Waals surface area (Å²) >= 11 is 0. The van der Waals surface area contributed by atoms with Gasteiger partial charge in [-0.2, -0.15) is 0 Å². The fraction of sp³-hybridized carbons (Fsp3) is 0.647. The molecular formula is C17H24O6. The third kappa shape index (κ3) is 5.48. The van der Waals surface area contributed by atoms with Crippen molar-refractivity contribution in [1.82, 2.24) is 0 Å². The predicted molar refractivity (Wildman–Crippen MR) is 82.4 cm³/mol. The molecule has 0 spiro atoms. The summed E-state index contributed by atoms with van der Waals surface area (Å²) in [4.78, 5) is 23.6. The van der Waals surface area contributed by atoms with Crippen LogP contribution >= 0.6 is 0 Å². The van der Waals surface area contributed by atoms with Crippen LogP contribution in [0, 0.1) is 0 Å². The zero-order chi connectivity index (χ0) is 17.0. The van der Waals surface area contributed by atoms with Crippen molar-refractivity contribution in [3.8, 4) is 0 Å². The zero-order valence-electron chi connectivity index (χ0n) is 14.0. The summed E-state index contributed by atoms with van der Waals surface area (Å²) in [6.07, 6.45) is 5.58. The quantitative estimate of drug-likeness (QED) is 0.637. The molecule has 128 valence electrons. The number of carbonyl (C=O) groups is 2. The summed E-state index contributed by atoms with van der Waals surface area (Å²) in [6.45, 7) is 7.19. The topological polar surface area (TPSA) is 71.1 Å². The van der Waals surface area contributed by atoms with Crippen LogP contribution in [0.4, 0.5) is 0 Å². The van der Waals surface area contributed by atoms with Crippen LogP contribution in [0.15, 0.2) is 24.3 Å². The van der Waals surface area contributed by atoms with Gasteiger partial charge in [0.15, 0.2) is 5.79 Å². The standard InChI is InChI=1S/C17H24O6/c1-11-6-5-7-15(18)21-12(2)10-14-13(8-9-16(19)20-11)22-17(3,4)23-14/h5,7-9,11-14H,6,10H2,1-4H3/b7-5+,9-8+/t11-,12+,13+,14+/m0/s1. The molecule has 0 aliphatic carbocycles. The van der Waals surface area contributed by atoms with Crippen LogP contribution in [-0.2, 0) is 28.5 Å². The minimum atomic E-state index is -0.755. The molecule has 0 amide bonds. The van der Waals surface area contributed by atoms with Gasteiger partial charge in [-0.1, -0.05) is 6.08 Å². The number of fused-ring (bicyclic) bond motifs is 1. The van der Waals surface area contributed by atoms with Gasteiger partial charge in [-0.15, -0.1) is 0 Å². The third-order valence-electron chi connectivity index (χ3n) is 3.56. The largest absolute Gasteiger partial charge is 0.459 e. The van der Waals surface area contributed by atoms with E-state index in [4.69, 9.17) is 18.9 Å². The Labute approximate surface area is 136 Å². The van der Waals surface area contributed by atoms with Crippen LogP contribution < -0.4 is 0 Å². The molecule has 0 saturated carbocycles. The molecule has 0 bridgehead atoms. The maximum atomic E-state index is 11.8. The van der Waals surface area contributed by atoms with E-state index in [2.05, 4.69) is 0 Å². The Morgan fingerprint density at radius 1 is 1.00 bits per heavy atom. The van der Waals surface area contributed by atoms with Crippen molar-refractivity contribution in [2.75, 3.05) is 0 Å². The van der Waals surface area contributed by atoms with Crippen molar-refractivity contribution in [3.05, 3.63) is 24.3 Å². The molecule has 6 heteroatoms. The van der Waals surface area contributed by atoms with Gasteiger partial charge in [-0.25, -0.2) is 9.59 Å². The van der Waals surface area contributed by atoms with Gasteiger partial charge in [0.2, 0.25) is 0 Å². The molecule has 2 heterocycles. The number of hydrogen-bond donors (Lipinski definition) is 0. The molecule has 4 atom stereocenters. The summed E-state index contributed by atoms with van der Waals surface area (Å²) in [5.41, 5.74) is 0. The highest BCUT2D eigenvalue weighted by Gasteiger charge is 2.41. The van der Waals surface area contributed by atoms with Crippen molar-refractivity contribution in [1.29, 1.82) is 0 Å². The number of carbonyl (C=O) groups excluding carboxylic acids is 2. The van der Waals surface area contributed by atoms with Crippen LogP contribution in [0.5, 0.6) is 0 Å². The minimum Gasteiger partial charge on any atom is -0.459 e. The Morgan fingerprint density at radius 3 is 2.39 bits per heavy atom. The van der Waals surface area contributed by atoms with Crippen molar-refractivity contribution in [2.24, 2.45) is 0 Å². The molecule has 0 radical (unpaired) electrons. The molecule has 2 aliphatic heterocycles. The molecule has 0 aromatic heterocycles. The summed E-state index contributed by atoms with van der Waals surface area (Å²) < 4.78 is 22.2. The molecule has 0 N–H and O–H groups in total. The normalized spacial score (nSPS) is 37.9. The average Bonchev–Trinajstić information content (AvgIpc) is 2.69. The first-order valence-electron chi connectivity index (χ1n) is 7.87. The number of cyclic esters (lactones) is 2. The van der Waals surface area contributed by atoms with E-state index in [1.165, 1.54) is 12.2 Å². The van der Waals surface area contributed by atoms with Crippen molar-refractivity contribution in [3.63, 3.8) is 0 Å². The first kappa shape index (κ1) is 17.7. The van der Waals surface area contributed by atoms with Gasteiger partial charge >= 0.3 is 11.9 Å². The summed E-state index contributed by atoms with van der Waals surface area (Å²) in [7, 11) is 0. The van der Waals surface area contributed by atoms with E-state index in [1.807, 2.05) is 20.8 Å². The molecule has 1 saturated heterocycles. The second kappa shape index (κ2) is 7.27. The molecule has 0 aromatic rings. The second-order valence-corrected chi connectivity index (χ2v) is 6.37. The van der Waals surface area contributed by atoms with Crippen LogP contribution in [0.2, 0.25) is 0 Å². The number of ether oxygens (including phenoxy) is 4. The number of rotatable bonds is 0. The van der Waals surface area contributed by atoms with Crippen LogP contribution in [-0.4, -0.2) is 42.1 Å². The molecule has 1 fully saturated rings. The summed E-state index contributed by atoms with van der Waals surface area (Å²) in [6, 6.07) is 0. The van der Waals surface area contributed by atoms with Crippen molar-refractivity contribution < 1.29 is 28.5 Å². The highest BCUT2D eigenvalue weighted by Crippen LogP contribution is 2.31. The summed E-state index contributed by atoms with van der Waals surface area (Å²) in [5, 5.41) is 0. The van der Waals surface area contributed by atoms with Gasteiger partial charge in [0, 0.05) is 25.0 Å². The Morgan fingerprint density at radius 2 is 1.65 bits per heavy atom. The molecule has 23 heavy (non-hydrogen) atoms. The Bertz CT molecular complexity index is 507. The predicted octanol–water partition coefficient (Wildman–Crippen LogP) is 2.28. The van der Waals surface area contributed by atoms with Gasteiger partial charge in [0.25, 0.3) is 0 Å². The molecular weight excluding hydrogens is 300 g/mol. The van der Waals surface area contributed by atoms with E-state index < -0.39 is 23.8 Å². The Balaban J connectivity index is 2.17.